The highest BCUT2D eigenvalue weighted by molar-refractivity contribution is 5.19. The molecule has 0 aliphatic rings. The van der Waals surface area contributed by atoms with Crippen LogP contribution in [-0.2, 0) is 0 Å². The molecular weight excluding hydrogens is 206 g/mol. The summed E-state index contributed by atoms with van der Waals surface area (Å²) in [5, 5.41) is 11.9. The molecule has 1 aromatic rings. The Kier molecular flexibility index (Phi) is 4.64. The minimum absolute atomic E-state index is 0.0524. The molecule has 5 heteroatoms. The van der Waals surface area contributed by atoms with Crippen LogP contribution in [0.2, 0.25) is 0 Å². The summed E-state index contributed by atoms with van der Waals surface area (Å²) in [6.07, 6.45) is 0.681. The average Bonchev–Trinajstić information content (AvgIpc) is 2.16. The number of nitrogens with zero attached hydrogens (tertiary/aromatic N) is 1. The minimum Gasteiger partial charge on any atom is -0.396 e. The summed E-state index contributed by atoms with van der Waals surface area (Å²) in [4.78, 5) is 18.7. The highest BCUT2D eigenvalue weighted by Gasteiger charge is 2.13. The normalized spacial score (nSPS) is 12.8. The number of nitrogens with one attached hydrogen (secondary N) is 2. The molecule has 0 aliphatic heterocycles. The lowest BCUT2D eigenvalue weighted by atomic mass is 10.1. The summed E-state index contributed by atoms with van der Waals surface area (Å²) in [5.41, 5.74) is 1.34. The summed E-state index contributed by atoms with van der Waals surface area (Å²) in [6.45, 7) is 6.36. The van der Waals surface area contributed by atoms with Gasteiger partial charge in [0.15, 0.2) is 0 Å². The number of hydrogen-bond donors (Lipinski definition) is 3. The SMILES string of the molecule is Cc1nc(C)c(C(C)NCCCO)c(=O)[nH]1. The molecule has 1 rings (SSSR count). The number of H-pyrrole nitrogens is 1. The largest absolute Gasteiger partial charge is 0.396 e. The van der Waals surface area contributed by atoms with Crippen molar-refractivity contribution in [3.63, 3.8) is 0 Å². The van der Waals surface area contributed by atoms with Gasteiger partial charge >= 0.3 is 0 Å². The fourth-order valence-electron chi connectivity index (χ4n) is 1.75. The van der Waals surface area contributed by atoms with Gasteiger partial charge in [0, 0.05) is 18.3 Å². The van der Waals surface area contributed by atoms with Crippen LogP contribution >= 0.6 is 0 Å². The van der Waals surface area contributed by atoms with E-state index in [4.69, 9.17) is 5.11 Å². The van der Waals surface area contributed by atoms with E-state index in [0.717, 1.165) is 5.69 Å². The van der Waals surface area contributed by atoms with E-state index in [-0.39, 0.29) is 18.2 Å². The number of aromatic nitrogens is 2. The third kappa shape index (κ3) is 3.15. The van der Waals surface area contributed by atoms with E-state index in [1.54, 1.807) is 6.92 Å². The third-order valence-electron chi connectivity index (χ3n) is 2.48. The Hall–Kier alpha value is -1.20. The van der Waals surface area contributed by atoms with Gasteiger partial charge in [0.25, 0.3) is 5.56 Å². The van der Waals surface area contributed by atoms with Crippen LogP contribution in [0.15, 0.2) is 4.79 Å². The van der Waals surface area contributed by atoms with Crippen molar-refractivity contribution >= 4 is 0 Å². The quantitative estimate of drug-likeness (QED) is 0.635. The van der Waals surface area contributed by atoms with Crippen molar-refractivity contribution < 1.29 is 5.11 Å². The predicted molar refractivity (Wildman–Crippen MR) is 62.5 cm³/mol. The number of aryl methyl sites for hydroxylation is 2. The van der Waals surface area contributed by atoms with E-state index >= 15 is 0 Å². The zero-order valence-electron chi connectivity index (χ0n) is 10.0. The van der Waals surface area contributed by atoms with Gasteiger partial charge in [-0.25, -0.2) is 4.98 Å². The second-order valence-electron chi connectivity index (χ2n) is 3.90. The fraction of sp³-hybridized carbons (Fsp3) is 0.636. The molecule has 0 radical (unpaired) electrons. The Labute approximate surface area is 94.9 Å². The lowest BCUT2D eigenvalue weighted by Crippen LogP contribution is -2.28. The predicted octanol–water partition coefficient (Wildman–Crippen LogP) is 0.420. The molecule has 1 heterocycles. The maximum absolute atomic E-state index is 11.8. The Morgan fingerprint density at radius 3 is 2.75 bits per heavy atom. The van der Waals surface area contributed by atoms with Crippen molar-refractivity contribution in [1.82, 2.24) is 15.3 Å². The summed E-state index contributed by atoms with van der Waals surface area (Å²) in [5.74, 6) is 0.633. The van der Waals surface area contributed by atoms with Crippen molar-refractivity contribution in [2.45, 2.75) is 33.2 Å². The molecular formula is C11H19N3O2. The zero-order chi connectivity index (χ0) is 12.1. The lowest BCUT2D eigenvalue weighted by Gasteiger charge is -2.14. The van der Waals surface area contributed by atoms with Crippen molar-refractivity contribution in [3.05, 3.63) is 27.4 Å². The number of aliphatic hydroxyl groups excluding tert-OH is 1. The first-order valence-electron chi connectivity index (χ1n) is 5.48. The molecule has 0 fully saturated rings. The van der Waals surface area contributed by atoms with E-state index in [1.807, 2.05) is 13.8 Å². The molecule has 0 bridgehead atoms. The van der Waals surface area contributed by atoms with Gasteiger partial charge < -0.3 is 15.4 Å². The second kappa shape index (κ2) is 5.77. The summed E-state index contributed by atoms with van der Waals surface area (Å²) in [6, 6.07) is -0.0524. The molecule has 0 aromatic carbocycles. The van der Waals surface area contributed by atoms with Crippen LogP contribution in [0.4, 0.5) is 0 Å². The Morgan fingerprint density at radius 2 is 2.19 bits per heavy atom. The summed E-state index contributed by atoms with van der Waals surface area (Å²) in [7, 11) is 0. The van der Waals surface area contributed by atoms with Gasteiger partial charge in [-0.1, -0.05) is 0 Å². The minimum atomic E-state index is -0.0889. The highest BCUT2D eigenvalue weighted by atomic mass is 16.3. The van der Waals surface area contributed by atoms with E-state index in [1.165, 1.54) is 0 Å². The highest BCUT2D eigenvalue weighted by Crippen LogP contribution is 2.10. The first-order valence-corrected chi connectivity index (χ1v) is 5.48. The van der Waals surface area contributed by atoms with Crippen molar-refractivity contribution in [2.24, 2.45) is 0 Å². The van der Waals surface area contributed by atoms with Crippen LogP contribution in [0.1, 0.15) is 36.5 Å². The van der Waals surface area contributed by atoms with Crippen LogP contribution in [-0.4, -0.2) is 28.2 Å². The van der Waals surface area contributed by atoms with Crippen molar-refractivity contribution in [1.29, 1.82) is 0 Å². The van der Waals surface area contributed by atoms with E-state index in [2.05, 4.69) is 15.3 Å². The first-order chi connectivity index (χ1) is 7.56. The number of aromatic amines is 1. The number of aliphatic hydroxyl groups is 1. The monoisotopic (exact) mass is 225 g/mol. The first kappa shape index (κ1) is 12.9. The van der Waals surface area contributed by atoms with Gasteiger partial charge in [0.1, 0.15) is 5.82 Å². The van der Waals surface area contributed by atoms with E-state index in [9.17, 15) is 4.79 Å². The molecule has 1 atom stereocenters. The van der Waals surface area contributed by atoms with Gasteiger partial charge in [-0.2, -0.15) is 0 Å². The summed E-state index contributed by atoms with van der Waals surface area (Å²) >= 11 is 0. The smallest absolute Gasteiger partial charge is 0.255 e. The second-order valence-corrected chi connectivity index (χ2v) is 3.90. The third-order valence-corrected chi connectivity index (χ3v) is 2.48. The van der Waals surface area contributed by atoms with Crippen molar-refractivity contribution in [3.8, 4) is 0 Å². The number of rotatable bonds is 5. The molecule has 0 saturated heterocycles. The molecule has 0 amide bonds. The van der Waals surface area contributed by atoms with Crippen LogP contribution in [0.5, 0.6) is 0 Å². The molecule has 1 unspecified atom stereocenters. The van der Waals surface area contributed by atoms with Crippen molar-refractivity contribution in [2.75, 3.05) is 13.2 Å². The van der Waals surface area contributed by atoms with E-state index in [0.29, 0.717) is 24.4 Å². The van der Waals surface area contributed by atoms with Crippen LogP contribution < -0.4 is 10.9 Å². The Morgan fingerprint density at radius 1 is 1.50 bits per heavy atom. The Bertz CT molecular complexity index is 401. The van der Waals surface area contributed by atoms with Gasteiger partial charge in [-0.3, -0.25) is 4.79 Å². The lowest BCUT2D eigenvalue weighted by molar-refractivity contribution is 0.284. The van der Waals surface area contributed by atoms with Gasteiger partial charge in [0.2, 0.25) is 0 Å². The molecule has 16 heavy (non-hydrogen) atoms. The van der Waals surface area contributed by atoms with Gasteiger partial charge in [-0.05, 0) is 33.7 Å². The van der Waals surface area contributed by atoms with Crippen LogP contribution in [0.3, 0.4) is 0 Å². The Balaban J connectivity index is 2.83. The molecule has 0 saturated carbocycles. The molecule has 0 spiro atoms. The van der Waals surface area contributed by atoms with E-state index < -0.39 is 0 Å². The molecule has 1 aromatic heterocycles. The average molecular weight is 225 g/mol. The summed E-state index contributed by atoms with van der Waals surface area (Å²) < 4.78 is 0. The van der Waals surface area contributed by atoms with Crippen LogP contribution in [0, 0.1) is 13.8 Å². The molecule has 90 valence electrons. The van der Waals surface area contributed by atoms with Crippen LogP contribution in [0.25, 0.3) is 0 Å². The maximum atomic E-state index is 11.8. The van der Waals surface area contributed by atoms with Gasteiger partial charge in [-0.15, -0.1) is 0 Å². The van der Waals surface area contributed by atoms with Gasteiger partial charge in [0.05, 0.1) is 5.56 Å². The topological polar surface area (TPSA) is 78.0 Å². The molecule has 0 aliphatic carbocycles. The zero-order valence-corrected chi connectivity index (χ0v) is 10.0. The maximum Gasteiger partial charge on any atom is 0.255 e. The standard InChI is InChI=1S/C11H19N3O2/c1-7(12-5-4-6-15)10-8(2)13-9(3)14-11(10)16/h7,12,15H,4-6H2,1-3H3,(H,13,14,16). The fourth-order valence-corrected chi connectivity index (χ4v) is 1.75. The molecule has 3 N–H and O–H groups in total. The number of hydrogen-bond acceptors (Lipinski definition) is 4. The molecule has 5 nitrogen and oxygen atoms in total.